The molecule has 4 heteroatoms. The highest BCUT2D eigenvalue weighted by Gasteiger charge is 2.46. The molecule has 1 fully saturated rings. The number of hydrogen-bond acceptors (Lipinski definition) is 2. The lowest BCUT2D eigenvalue weighted by molar-refractivity contribution is -0.147. The van der Waals surface area contributed by atoms with E-state index in [-0.39, 0.29) is 0 Å². The Labute approximate surface area is 98.9 Å². The van der Waals surface area contributed by atoms with Crippen LogP contribution in [0.25, 0.3) is 11.0 Å². The molecule has 88 valence electrons. The minimum absolute atomic E-state index is 0.689. The van der Waals surface area contributed by atoms with Gasteiger partial charge in [-0.15, -0.1) is 0 Å². The predicted molar refractivity (Wildman–Crippen MR) is 63.9 cm³/mol. The van der Waals surface area contributed by atoms with Crippen molar-refractivity contribution >= 4 is 17.0 Å². The first-order chi connectivity index (χ1) is 8.13. The second kappa shape index (κ2) is 3.32. The van der Waals surface area contributed by atoms with E-state index >= 15 is 0 Å². The maximum atomic E-state index is 11.4. The molecule has 0 atom stereocenters. The molecule has 0 amide bonds. The molecule has 0 bridgehead atoms. The minimum Gasteiger partial charge on any atom is -0.481 e. The number of aliphatic carboxylic acids is 1. The molecule has 1 aliphatic rings. The SMILES string of the molecule is Cn1ccc2ncc(C3(C(=O)O)CCC3)cc21. The molecule has 2 aromatic rings. The van der Waals surface area contributed by atoms with Crippen molar-refractivity contribution in [2.75, 3.05) is 0 Å². The van der Waals surface area contributed by atoms with Crippen LogP contribution >= 0.6 is 0 Å². The van der Waals surface area contributed by atoms with Crippen LogP contribution in [0.5, 0.6) is 0 Å². The third-order valence-electron chi connectivity index (χ3n) is 3.90. The van der Waals surface area contributed by atoms with Gasteiger partial charge in [0.25, 0.3) is 0 Å². The van der Waals surface area contributed by atoms with Crippen molar-refractivity contribution in [3.8, 4) is 0 Å². The van der Waals surface area contributed by atoms with E-state index in [1.165, 1.54) is 0 Å². The summed E-state index contributed by atoms with van der Waals surface area (Å²) in [6.45, 7) is 0. The van der Waals surface area contributed by atoms with Gasteiger partial charge in [0.1, 0.15) is 0 Å². The topological polar surface area (TPSA) is 55.1 Å². The van der Waals surface area contributed by atoms with Crippen LogP contribution < -0.4 is 0 Å². The standard InChI is InChI=1S/C13H14N2O2/c1-15-6-3-10-11(15)7-9(8-14-10)13(12(16)17)4-2-5-13/h3,6-8H,2,4-5H2,1H3,(H,16,17). The van der Waals surface area contributed by atoms with E-state index in [2.05, 4.69) is 4.98 Å². The van der Waals surface area contributed by atoms with E-state index in [1.54, 1.807) is 6.20 Å². The van der Waals surface area contributed by atoms with E-state index in [0.717, 1.165) is 35.9 Å². The lowest BCUT2D eigenvalue weighted by atomic mass is 9.65. The Kier molecular flexibility index (Phi) is 2.02. The number of aryl methyl sites for hydroxylation is 1. The van der Waals surface area contributed by atoms with Gasteiger partial charge in [-0.1, -0.05) is 6.42 Å². The van der Waals surface area contributed by atoms with E-state index in [4.69, 9.17) is 0 Å². The first-order valence-corrected chi connectivity index (χ1v) is 5.78. The highest BCUT2D eigenvalue weighted by Crippen LogP contribution is 2.44. The number of carboxylic acid groups (broad SMARTS) is 1. The maximum absolute atomic E-state index is 11.4. The number of fused-ring (bicyclic) bond motifs is 1. The van der Waals surface area contributed by atoms with Crippen molar-refractivity contribution in [3.63, 3.8) is 0 Å². The van der Waals surface area contributed by atoms with Crippen molar-refractivity contribution in [3.05, 3.63) is 30.1 Å². The second-order valence-corrected chi connectivity index (χ2v) is 4.80. The molecule has 0 radical (unpaired) electrons. The van der Waals surface area contributed by atoms with E-state index in [1.807, 2.05) is 29.9 Å². The van der Waals surface area contributed by atoms with Gasteiger partial charge in [-0.25, -0.2) is 0 Å². The Morgan fingerprint density at radius 1 is 1.53 bits per heavy atom. The zero-order valence-electron chi connectivity index (χ0n) is 9.68. The van der Waals surface area contributed by atoms with Crippen LogP contribution in [0.1, 0.15) is 24.8 Å². The Morgan fingerprint density at radius 2 is 2.29 bits per heavy atom. The molecule has 2 aromatic heterocycles. The summed E-state index contributed by atoms with van der Waals surface area (Å²) < 4.78 is 1.97. The maximum Gasteiger partial charge on any atom is 0.314 e. The van der Waals surface area contributed by atoms with Crippen molar-refractivity contribution in [2.24, 2.45) is 7.05 Å². The molecule has 17 heavy (non-hydrogen) atoms. The lowest BCUT2D eigenvalue weighted by Gasteiger charge is -2.37. The molecule has 0 aromatic carbocycles. The van der Waals surface area contributed by atoms with Crippen molar-refractivity contribution in [2.45, 2.75) is 24.7 Å². The summed E-state index contributed by atoms with van der Waals surface area (Å²) in [4.78, 5) is 15.8. The highest BCUT2D eigenvalue weighted by molar-refractivity contribution is 5.85. The summed E-state index contributed by atoms with van der Waals surface area (Å²) in [5, 5.41) is 9.39. The van der Waals surface area contributed by atoms with Gasteiger partial charge in [0, 0.05) is 19.4 Å². The Morgan fingerprint density at radius 3 is 2.88 bits per heavy atom. The molecular weight excluding hydrogens is 216 g/mol. The molecule has 0 spiro atoms. The first-order valence-electron chi connectivity index (χ1n) is 5.78. The number of carboxylic acids is 1. The molecule has 1 aliphatic carbocycles. The summed E-state index contributed by atoms with van der Waals surface area (Å²) >= 11 is 0. The normalized spacial score (nSPS) is 17.9. The average molecular weight is 230 g/mol. The van der Waals surface area contributed by atoms with Gasteiger partial charge in [0.2, 0.25) is 0 Å². The van der Waals surface area contributed by atoms with Crippen LogP contribution in [-0.2, 0) is 17.3 Å². The van der Waals surface area contributed by atoms with Gasteiger partial charge in [0.05, 0.1) is 16.4 Å². The second-order valence-electron chi connectivity index (χ2n) is 4.80. The molecular formula is C13H14N2O2. The number of aromatic nitrogens is 2. The first kappa shape index (κ1) is 10.3. The van der Waals surface area contributed by atoms with Crippen LogP contribution in [0.4, 0.5) is 0 Å². The summed E-state index contributed by atoms with van der Waals surface area (Å²) in [5.74, 6) is -0.723. The quantitative estimate of drug-likeness (QED) is 0.859. The molecule has 0 unspecified atom stereocenters. The Hall–Kier alpha value is -1.84. The fourth-order valence-electron chi connectivity index (χ4n) is 2.56. The van der Waals surface area contributed by atoms with Crippen LogP contribution in [-0.4, -0.2) is 20.6 Å². The molecule has 3 rings (SSSR count). The average Bonchev–Trinajstić information content (AvgIpc) is 2.58. The van der Waals surface area contributed by atoms with Crippen LogP contribution in [0.3, 0.4) is 0 Å². The lowest BCUT2D eigenvalue weighted by Crippen LogP contribution is -2.42. The molecule has 4 nitrogen and oxygen atoms in total. The summed E-state index contributed by atoms with van der Waals surface area (Å²) in [7, 11) is 1.95. The van der Waals surface area contributed by atoms with Crippen LogP contribution in [0.2, 0.25) is 0 Å². The van der Waals surface area contributed by atoms with E-state index < -0.39 is 11.4 Å². The van der Waals surface area contributed by atoms with Gasteiger partial charge in [0.15, 0.2) is 0 Å². The number of hydrogen-bond donors (Lipinski definition) is 1. The molecule has 1 saturated carbocycles. The van der Waals surface area contributed by atoms with Crippen LogP contribution in [0.15, 0.2) is 24.5 Å². The Bertz CT molecular complexity index is 596. The smallest absolute Gasteiger partial charge is 0.314 e. The van der Waals surface area contributed by atoms with E-state index in [0.29, 0.717) is 0 Å². The molecule has 2 heterocycles. The zero-order chi connectivity index (χ0) is 12.0. The Balaban J connectivity index is 2.17. The fraction of sp³-hybridized carbons (Fsp3) is 0.385. The number of rotatable bonds is 2. The molecule has 0 aliphatic heterocycles. The summed E-state index contributed by atoms with van der Waals surface area (Å²) in [6, 6.07) is 3.91. The highest BCUT2D eigenvalue weighted by atomic mass is 16.4. The third kappa shape index (κ3) is 1.30. The molecule has 0 saturated heterocycles. The van der Waals surface area contributed by atoms with Gasteiger partial charge in [-0.3, -0.25) is 9.78 Å². The van der Waals surface area contributed by atoms with Gasteiger partial charge >= 0.3 is 5.97 Å². The number of pyridine rings is 1. The minimum atomic E-state index is -0.723. The predicted octanol–water partition coefficient (Wildman–Crippen LogP) is 2.08. The molecule has 1 N–H and O–H groups in total. The number of carbonyl (C=O) groups is 1. The van der Waals surface area contributed by atoms with Crippen LogP contribution in [0, 0.1) is 0 Å². The summed E-state index contributed by atoms with van der Waals surface area (Å²) in [5.41, 5.74) is 2.06. The van der Waals surface area contributed by atoms with E-state index in [9.17, 15) is 9.90 Å². The number of nitrogens with zero attached hydrogens (tertiary/aromatic N) is 2. The summed E-state index contributed by atoms with van der Waals surface area (Å²) in [6.07, 6.45) is 6.09. The monoisotopic (exact) mass is 230 g/mol. The zero-order valence-corrected chi connectivity index (χ0v) is 9.68. The third-order valence-corrected chi connectivity index (χ3v) is 3.90. The largest absolute Gasteiger partial charge is 0.481 e. The van der Waals surface area contributed by atoms with Gasteiger partial charge < -0.3 is 9.67 Å². The van der Waals surface area contributed by atoms with Gasteiger partial charge in [-0.2, -0.15) is 0 Å². The van der Waals surface area contributed by atoms with Crippen molar-refractivity contribution in [1.82, 2.24) is 9.55 Å². The van der Waals surface area contributed by atoms with Crippen molar-refractivity contribution in [1.29, 1.82) is 0 Å². The fourth-order valence-corrected chi connectivity index (χ4v) is 2.56. The van der Waals surface area contributed by atoms with Crippen molar-refractivity contribution < 1.29 is 9.90 Å². The van der Waals surface area contributed by atoms with Gasteiger partial charge in [-0.05, 0) is 30.5 Å².